The van der Waals surface area contributed by atoms with E-state index in [1.165, 1.54) is 11.8 Å². The Morgan fingerprint density at radius 1 is 1.12 bits per heavy atom. The molecule has 25 heavy (non-hydrogen) atoms. The highest BCUT2D eigenvalue weighted by Crippen LogP contribution is 2.13. The van der Waals surface area contributed by atoms with E-state index in [1.54, 1.807) is 19.2 Å². The van der Waals surface area contributed by atoms with Crippen molar-refractivity contribution in [3.63, 3.8) is 0 Å². The first-order chi connectivity index (χ1) is 12.1. The molecule has 0 aliphatic heterocycles. The van der Waals surface area contributed by atoms with Crippen molar-refractivity contribution < 1.29 is 19.4 Å². The fourth-order valence-electron chi connectivity index (χ4n) is 2.14. The number of hydrogen-bond donors (Lipinski definition) is 3. The summed E-state index contributed by atoms with van der Waals surface area (Å²) in [6.45, 7) is 0.726. The summed E-state index contributed by atoms with van der Waals surface area (Å²) in [5.74, 6) is 0.200. The van der Waals surface area contributed by atoms with Gasteiger partial charge in [-0.2, -0.15) is 0 Å². The van der Waals surface area contributed by atoms with Gasteiger partial charge in [0.2, 0.25) is 5.91 Å². The second-order valence-electron chi connectivity index (χ2n) is 5.40. The van der Waals surface area contributed by atoms with E-state index in [0.29, 0.717) is 11.5 Å². The number of hydrogen-bond acceptors (Lipinski definition) is 5. The fraction of sp³-hybridized carbons (Fsp3) is 0.278. The number of nitrogens with one attached hydrogen (secondary N) is 2. The van der Waals surface area contributed by atoms with E-state index in [1.807, 2.05) is 24.3 Å². The maximum absolute atomic E-state index is 11.5. The number of methoxy groups -OCH3 is 1. The molecule has 0 saturated carbocycles. The smallest absolute Gasteiger partial charge is 0.303 e. The van der Waals surface area contributed by atoms with Crippen molar-refractivity contribution in [3.8, 4) is 5.75 Å². The summed E-state index contributed by atoms with van der Waals surface area (Å²) in [6, 6.07) is 11.4. The number of carbonyl (C=O) groups excluding carboxylic acids is 1. The van der Waals surface area contributed by atoms with Crippen LogP contribution in [0.3, 0.4) is 0 Å². The van der Waals surface area contributed by atoms with Gasteiger partial charge in [-0.3, -0.25) is 9.59 Å². The van der Waals surface area contributed by atoms with Crippen LogP contribution in [0.25, 0.3) is 0 Å². The lowest BCUT2D eigenvalue weighted by Gasteiger charge is -2.08. The van der Waals surface area contributed by atoms with Gasteiger partial charge in [0.05, 0.1) is 25.4 Å². The van der Waals surface area contributed by atoms with E-state index in [9.17, 15) is 9.59 Å². The van der Waals surface area contributed by atoms with Crippen LogP contribution in [0.15, 0.2) is 42.6 Å². The van der Waals surface area contributed by atoms with Crippen LogP contribution in [0.4, 0.5) is 11.5 Å². The Bertz CT molecular complexity index is 699. The maximum Gasteiger partial charge on any atom is 0.303 e. The third-order valence-corrected chi connectivity index (χ3v) is 3.49. The molecule has 1 amide bonds. The van der Waals surface area contributed by atoms with E-state index >= 15 is 0 Å². The van der Waals surface area contributed by atoms with Crippen molar-refractivity contribution in [2.24, 2.45) is 0 Å². The topological polar surface area (TPSA) is 101 Å². The molecule has 0 aliphatic rings. The molecule has 1 aromatic heterocycles. The molecule has 0 bridgehead atoms. The van der Waals surface area contributed by atoms with Gasteiger partial charge in [-0.05, 0) is 36.2 Å². The van der Waals surface area contributed by atoms with E-state index in [2.05, 4.69) is 15.6 Å². The Kier molecular flexibility index (Phi) is 6.76. The van der Waals surface area contributed by atoms with E-state index in [-0.39, 0.29) is 18.7 Å². The van der Waals surface area contributed by atoms with Gasteiger partial charge in [-0.1, -0.05) is 12.1 Å². The lowest BCUT2D eigenvalue weighted by Crippen LogP contribution is -2.13. The maximum atomic E-state index is 11.5. The predicted octanol–water partition coefficient (Wildman–Crippen LogP) is 2.55. The van der Waals surface area contributed by atoms with Crippen LogP contribution in [0, 0.1) is 0 Å². The predicted molar refractivity (Wildman–Crippen MR) is 94.9 cm³/mol. The van der Waals surface area contributed by atoms with Gasteiger partial charge in [-0.25, -0.2) is 4.98 Å². The van der Waals surface area contributed by atoms with E-state index in [0.717, 1.165) is 18.7 Å². The lowest BCUT2D eigenvalue weighted by molar-refractivity contribution is -0.138. The number of amides is 1. The van der Waals surface area contributed by atoms with Crippen LogP contribution in [0.1, 0.15) is 18.4 Å². The number of aliphatic carboxylic acids is 1. The molecule has 0 spiro atoms. The zero-order valence-corrected chi connectivity index (χ0v) is 14.0. The fourth-order valence-corrected chi connectivity index (χ4v) is 2.14. The molecule has 0 fully saturated rings. The average Bonchev–Trinajstić information content (AvgIpc) is 2.62. The number of pyridine rings is 1. The van der Waals surface area contributed by atoms with Crippen LogP contribution in [0.5, 0.6) is 5.75 Å². The first kappa shape index (κ1) is 18.3. The zero-order chi connectivity index (χ0) is 18.1. The molecular formula is C18H21N3O4. The number of carboxylic acid groups (broad SMARTS) is 1. The number of benzene rings is 1. The number of ether oxygens (including phenoxy) is 1. The highest BCUT2D eigenvalue weighted by Gasteiger charge is 2.06. The number of carbonyl (C=O) groups is 2. The van der Waals surface area contributed by atoms with Crippen LogP contribution >= 0.6 is 0 Å². The summed E-state index contributed by atoms with van der Waals surface area (Å²) in [4.78, 5) is 26.2. The molecule has 2 rings (SSSR count). The van der Waals surface area contributed by atoms with Crippen LogP contribution in [-0.4, -0.2) is 35.6 Å². The average molecular weight is 343 g/mol. The Morgan fingerprint density at radius 3 is 2.48 bits per heavy atom. The van der Waals surface area contributed by atoms with Gasteiger partial charge in [0, 0.05) is 13.0 Å². The van der Waals surface area contributed by atoms with Crippen LogP contribution < -0.4 is 15.4 Å². The number of nitrogens with zero attached hydrogens (tertiary/aromatic N) is 1. The number of rotatable bonds is 9. The van der Waals surface area contributed by atoms with Crippen molar-refractivity contribution in [2.75, 3.05) is 24.3 Å². The lowest BCUT2D eigenvalue weighted by atomic mass is 10.1. The molecule has 1 heterocycles. The summed E-state index contributed by atoms with van der Waals surface area (Å²) in [5, 5.41) is 14.4. The first-order valence-corrected chi connectivity index (χ1v) is 7.91. The molecule has 132 valence electrons. The van der Waals surface area contributed by atoms with Gasteiger partial charge < -0.3 is 20.5 Å². The minimum absolute atomic E-state index is 0.0583. The summed E-state index contributed by atoms with van der Waals surface area (Å²) >= 11 is 0. The molecule has 0 unspecified atom stereocenters. The quantitative estimate of drug-likeness (QED) is 0.647. The molecule has 1 aromatic carbocycles. The standard InChI is InChI=1S/C18H21N3O4/c1-25-15-5-2-13(3-6-15)10-11-19-16-7-4-14(12-20-16)21-17(22)8-9-18(23)24/h2-7,12H,8-11H2,1H3,(H,19,20)(H,21,22)(H,23,24). The van der Waals surface area contributed by atoms with Gasteiger partial charge >= 0.3 is 5.97 Å². The van der Waals surface area contributed by atoms with Gasteiger partial charge in [0.15, 0.2) is 0 Å². The Hall–Kier alpha value is -3.09. The molecule has 0 saturated heterocycles. The molecule has 0 aliphatic carbocycles. The Labute approximate surface area is 146 Å². The van der Waals surface area contributed by atoms with E-state index < -0.39 is 5.97 Å². The molecular weight excluding hydrogens is 322 g/mol. The highest BCUT2D eigenvalue weighted by atomic mass is 16.5. The second-order valence-corrected chi connectivity index (χ2v) is 5.40. The normalized spacial score (nSPS) is 10.1. The molecule has 0 radical (unpaired) electrons. The van der Waals surface area contributed by atoms with Gasteiger partial charge in [0.25, 0.3) is 0 Å². The third-order valence-electron chi connectivity index (χ3n) is 3.49. The van der Waals surface area contributed by atoms with Crippen molar-refractivity contribution in [2.45, 2.75) is 19.3 Å². The van der Waals surface area contributed by atoms with E-state index in [4.69, 9.17) is 9.84 Å². The summed E-state index contributed by atoms with van der Waals surface area (Å²) in [7, 11) is 1.64. The molecule has 3 N–H and O–H groups in total. The first-order valence-electron chi connectivity index (χ1n) is 7.91. The van der Waals surface area contributed by atoms with Gasteiger partial charge in [0.1, 0.15) is 11.6 Å². The minimum Gasteiger partial charge on any atom is -0.497 e. The largest absolute Gasteiger partial charge is 0.497 e. The molecule has 2 aromatic rings. The summed E-state index contributed by atoms with van der Waals surface area (Å²) in [5.41, 5.74) is 1.73. The van der Waals surface area contributed by atoms with Crippen molar-refractivity contribution in [1.82, 2.24) is 4.98 Å². The van der Waals surface area contributed by atoms with Crippen LogP contribution in [0.2, 0.25) is 0 Å². The van der Waals surface area contributed by atoms with Gasteiger partial charge in [-0.15, -0.1) is 0 Å². The molecule has 7 heteroatoms. The second kappa shape index (κ2) is 9.27. The zero-order valence-electron chi connectivity index (χ0n) is 14.0. The molecule has 7 nitrogen and oxygen atoms in total. The Morgan fingerprint density at radius 2 is 1.88 bits per heavy atom. The summed E-state index contributed by atoms with van der Waals surface area (Å²) in [6.07, 6.45) is 2.13. The van der Waals surface area contributed by atoms with Crippen molar-refractivity contribution in [3.05, 3.63) is 48.2 Å². The number of aromatic nitrogens is 1. The third kappa shape index (κ3) is 6.50. The highest BCUT2D eigenvalue weighted by molar-refractivity contribution is 5.92. The summed E-state index contributed by atoms with van der Waals surface area (Å²) < 4.78 is 5.12. The van der Waals surface area contributed by atoms with Crippen molar-refractivity contribution >= 4 is 23.4 Å². The van der Waals surface area contributed by atoms with Crippen molar-refractivity contribution in [1.29, 1.82) is 0 Å². The SMILES string of the molecule is COc1ccc(CCNc2ccc(NC(=O)CCC(=O)O)cn2)cc1. The monoisotopic (exact) mass is 343 g/mol. The Balaban J connectivity index is 1.75. The minimum atomic E-state index is -0.996. The molecule has 0 atom stereocenters. The number of carboxylic acids is 1. The van der Waals surface area contributed by atoms with Crippen LogP contribution in [-0.2, 0) is 16.0 Å². The number of anilines is 2.